The second kappa shape index (κ2) is 6.90. The van der Waals surface area contributed by atoms with E-state index in [1.807, 2.05) is 0 Å². The van der Waals surface area contributed by atoms with Gasteiger partial charge in [0.2, 0.25) is 0 Å². The summed E-state index contributed by atoms with van der Waals surface area (Å²) < 4.78 is 10.4. The Morgan fingerprint density at radius 3 is 2.62 bits per heavy atom. The van der Waals surface area contributed by atoms with Gasteiger partial charge in [-0.3, -0.25) is 0 Å². The van der Waals surface area contributed by atoms with Gasteiger partial charge in [0.15, 0.2) is 12.4 Å². The predicted octanol–water partition coefficient (Wildman–Crippen LogP) is 4.17. The highest BCUT2D eigenvalue weighted by atomic mass is 35.5. The largest absolute Gasteiger partial charge is 0.479 e. The van der Waals surface area contributed by atoms with Crippen LogP contribution in [0, 0.1) is 0 Å². The van der Waals surface area contributed by atoms with Crippen LogP contribution in [0.4, 0.5) is 0 Å². The summed E-state index contributed by atoms with van der Waals surface area (Å²) in [7, 11) is 0. The van der Waals surface area contributed by atoms with E-state index in [2.05, 4.69) is 9.97 Å². The zero-order valence-corrected chi connectivity index (χ0v) is 13.6. The molecule has 122 valence electrons. The van der Waals surface area contributed by atoms with Gasteiger partial charge in [-0.1, -0.05) is 23.2 Å². The SMILES string of the molecule is O=C(O)COc1nc(-c2ccco2)cc(-c2ccc(Cl)cc2Cl)n1. The molecule has 3 rings (SSSR count). The third-order valence-corrected chi connectivity index (χ3v) is 3.56. The highest BCUT2D eigenvalue weighted by Gasteiger charge is 2.14. The van der Waals surface area contributed by atoms with Crippen LogP contribution in [0.2, 0.25) is 10.0 Å². The fourth-order valence-electron chi connectivity index (χ4n) is 2.00. The molecule has 0 bridgehead atoms. The van der Waals surface area contributed by atoms with Gasteiger partial charge in [0.1, 0.15) is 5.69 Å². The monoisotopic (exact) mass is 364 g/mol. The summed E-state index contributed by atoms with van der Waals surface area (Å²) in [4.78, 5) is 19.1. The molecule has 0 atom stereocenters. The molecule has 3 aromatic rings. The first-order valence-corrected chi connectivity index (χ1v) is 7.51. The summed E-state index contributed by atoms with van der Waals surface area (Å²) >= 11 is 12.1. The van der Waals surface area contributed by atoms with Gasteiger partial charge in [0, 0.05) is 10.6 Å². The van der Waals surface area contributed by atoms with E-state index in [9.17, 15) is 4.79 Å². The Balaban J connectivity index is 2.08. The average Bonchev–Trinajstić information content (AvgIpc) is 3.07. The first kappa shape index (κ1) is 16.3. The molecule has 2 heterocycles. The number of nitrogens with zero attached hydrogens (tertiary/aromatic N) is 2. The minimum atomic E-state index is -1.13. The van der Waals surface area contributed by atoms with Crippen LogP contribution in [0.5, 0.6) is 6.01 Å². The molecule has 0 aliphatic rings. The molecule has 8 heteroatoms. The van der Waals surface area contributed by atoms with Gasteiger partial charge >= 0.3 is 12.0 Å². The fraction of sp³-hybridized carbons (Fsp3) is 0.0625. The van der Waals surface area contributed by atoms with E-state index in [-0.39, 0.29) is 6.01 Å². The van der Waals surface area contributed by atoms with Crippen LogP contribution in [0.1, 0.15) is 0 Å². The molecule has 0 aliphatic heterocycles. The Bertz CT molecular complexity index is 882. The lowest BCUT2D eigenvalue weighted by atomic mass is 10.1. The quantitative estimate of drug-likeness (QED) is 0.730. The third-order valence-electron chi connectivity index (χ3n) is 3.01. The number of carbonyl (C=O) groups is 1. The fourth-order valence-corrected chi connectivity index (χ4v) is 2.51. The minimum Gasteiger partial charge on any atom is -0.479 e. The van der Waals surface area contributed by atoms with Crippen LogP contribution in [0.25, 0.3) is 22.7 Å². The molecule has 0 saturated carbocycles. The van der Waals surface area contributed by atoms with Crippen LogP contribution in [-0.2, 0) is 4.79 Å². The number of aliphatic carboxylic acids is 1. The molecule has 0 spiro atoms. The maximum absolute atomic E-state index is 10.7. The maximum Gasteiger partial charge on any atom is 0.341 e. The van der Waals surface area contributed by atoms with Crippen molar-refractivity contribution in [2.24, 2.45) is 0 Å². The van der Waals surface area contributed by atoms with Crippen LogP contribution in [-0.4, -0.2) is 27.7 Å². The molecule has 0 unspecified atom stereocenters. The molecule has 24 heavy (non-hydrogen) atoms. The smallest absolute Gasteiger partial charge is 0.341 e. The molecule has 0 radical (unpaired) electrons. The zero-order chi connectivity index (χ0) is 17.1. The van der Waals surface area contributed by atoms with Crippen molar-refractivity contribution in [2.45, 2.75) is 0 Å². The van der Waals surface area contributed by atoms with Gasteiger partial charge in [-0.2, -0.15) is 9.97 Å². The van der Waals surface area contributed by atoms with Crippen molar-refractivity contribution in [3.63, 3.8) is 0 Å². The van der Waals surface area contributed by atoms with E-state index in [1.54, 1.807) is 36.4 Å². The molecule has 2 aromatic heterocycles. The topological polar surface area (TPSA) is 85.5 Å². The average molecular weight is 365 g/mol. The van der Waals surface area contributed by atoms with Gasteiger partial charge < -0.3 is 14.3 Å². The number of hydrogen-bond acceptors (Lipinski definition) is 5. The van der Waals surface area contributed by atoms with Crippen molar-refractivity contribution in [1.29, 1.82) is 0 Å². The summed E-state index contributed by atoms with van der Waals surface area (Å²) in [6.07, 6.45) is 1.50. The van der Waals surface area contributed by atoms with E-state index >= 15 is 0 Å². The minimum absolute atomic E-state index is 0.0904. The zero-order valence-electron chi connectivity index (χ0n) is 12.1. The number of furan rings is 1. The van der Waals surface area contributed by atoms with Gasteiger partial charge in [0.05, 0.1) is 17.0 Å². The van der Waals surface area contributed by atoms with Crippen LogP contribution in [0.15, 0.2) is 47.1 Å². The standard InChI is InChI=1S/C16H10Cl2N2O4/c17-9-3-4-10(11(18)6-9)12-7-13(14-2-1-5-23-14)20-16(19-12)24-8-15(21)22/h1-7H,8H2,(H,21,22). The van der Waals surface area contributed by atoms with Gasteiger partial charge in [0.25, 0.3) is 0 Å². The highest BCUT2D eigenvalue weighted by molar-refractivity contribution is 6.36. The number of ether oxygens (including phenoxy) is 1. The first-order chi connectivity index (χ1) is 11.5. The Morgan fingerprint density at radius 1 is 1.17 bits per heavy atom. The Hall–Kier alpha value is -2.57. The van der Waals surface area contributed by atoms with Gasteiger partial charge in [-0.25, -0.2) is 4.79 Å². The van der Waals surface area contributed by atoms with Gasteiger partial charge in [-0.15, -0.1) is 0 Å². The van der Waals surface area contributed by atoms with Crippen molar-refractivity contribution in [3.05, 3.63) is 52.7 Å². The van der Waals surface area contributed by atoms with E-state index in [0.717, 1.165) is 0 Å². The lowest BCUT2D eigenvalue weighted by Crippen LogP contribution is -2.11. The summed E-state index contributed by atoms with van der Waals surface area (Å²) in [5.41, 5.74) is 1.51. The van der Waals surface area contributed by atoms with Crippen molar-refractivity contribution in [3.8, 4) is 28.7 Å². The van der Waals surface area contributed by atoms with Crippen molar-refractivity contribution in [2.75, 3.05) is 6.61 Å². The Morgan fingerprint density at radius 2 is 1.96 bits per heavy atom. The molecular weight excluding hydrogens is 355 g/mol. The van der Waals surface area contributed by atoms with E-state index in [0.29, 0.717) is 32.8 Å². The Kier molecular flexibility index (Phi) is 4.69. The predicted molar refractivity (Wildman–Crippen MR) is 88.3 cm³/mol. The van der Waals surface area contributed by atoms with E-state index < -0.39 is 12.6 Å². The molecule has 0 amide bonds. The highest BCUT2D eigenvalue weighted by Crippen LogP contribution is 2.32. The lowest BCUT2D eigenvalue weighted by Gasteiger charge is -2.09. The number of benzene rings is 1. The summed E-state index contributed by atoms with van der Waals surface area (Å²) in [5, 5.41) is 9.65. The van der Waals surface area contributed by atoms with Crippen molar-refractivity contribution >= 4 is 29.2 Å². The number of aromatic nitrogens is 2. The lowest BCUT2D eigenvalue weighted by molar-refractivity contribution is -0.139. The van der Waals surface area contributed by atoms with E-state index in [4.69, 9.17) is 37.5 Å². The summed E-state index contributed by atoms with van der Waals surface area (Å²) in [6, 6.07) is 9.98. The van der Waals surface area contributed by atoms with E-state index in [1.165, 1.54) is 6.26 Å². The normalized spacial score (nSPS) is 10.6. The van der Waals surface area contributed by atoms with Crippen molar-refractivity contribution in [1.82, 2.24) is 9.97 Å². The summed E-state index contributed by atoms with van der Waals surface area (Å²) in [5.74, 6) is -0.642. The van der Waals surface area contributed by atoms with Crippen molar-refractivity contribution < 1.29 is 19.1 Å². The number of carboxylic acids is 1. The molecular formula is C16H10Cl2N2O4. The molecule has 6 nitrogen and oxygen atoms in total. The maximum atomic E-state index is 10.7. The second-order valence-electron chi connectivity index (χ2n) is 4.70. The van der Waals surface area contributed by atoms with Gasteiger partial charge in [-0.05, 0) is 36.4 Å². The molecule has 0 saturated heterocycles. The number of carboxylic acid groups (broad SMARTS) is 1. The second-order valence-corrected chi connectivity index (χ2v) is 5.55. The van der Waals surface area contributed by atoms with Crippen LogP contribution < -0.4 is 4.74 Å². The molecule has 1 aromatic carbocycles. The Labute approximate surface area is 146 Å². The van der Waals surface area contributed by atoms with Crippen LogP contribution in [0.3, 0.4) is 0 Å². The number of halogens is 2. The third kappa shape index (κ3) is 3.67. The molecule has 0 fully saturated rings. The number of rotatable bonds is 5. The summed E-state index contributed by atoms with van der Waals surface area (Å²) in [6.45, 7) is -0.560. The van der Waals surface area contributed by atoms with Crippen LogP contribution >= 0.6 is 23.2 Å². The molecule has 0 aliphatic carbocycles. The molecule has 1 N–H and O–H groups in total. The first-order valence-electron chi connectivity index (χ1n) is 6.76. The number of hydrogen-bond donors (Lipinski definition) is 1.